The maximum absolute atomic E-state index is 12.7. The molecule has 0 aliphatic rings. The number of nitrogens with two attached hydrogens (primary N) is 1. The SMILES string of the molecule is CO[C@@H](/C=C/C(=O)Nc1ccccc1N)[C@@H](OC(=O)Nc1ccccc1)c1cccc(OCCO)c1. The van der Waals surface area contributed by atoms with Crippen molar-refractivity contribution in [3.8, 4) is 5.75 Å². The van der Waals surface area contributed by atoms with Crippen LogP contribution < -0.4 is 21.1 Å². The molecule has 0 spiro atoms. The Morgan fingerprint density at radius 3 is 2.47 bits per heavy atom. The monoisotopic (exact) mass is 491 g/mol. The van der Waals surface area contributed by atoms with Crippen LogP contribution in [0.25, 0.3) is 0 Å². The van der Waals surface area contributed by atoms with Gasteiger partial charge >= 0.3 is 6.09 Å². The average Bonchev–Trinajstić information content (AvgIpc) is 2.89. The largest absolute Gasteiger partial charge is 0.491 e. The number of anilines is 3. The third-order valence-corrected chi connectivity index (χ3v) is 5.03. The van der Waals surface area contributed by atoms with Gasteiger partial charge in [0.05, 0.1) is 18.0 Å². The van der Waals surface area contributed by atoms with E-state index in [1.807, 2.05) is 6.07 Å². The highest BCUT2D eigenvalue weighted by Crippen LogP contribution is 2.28. The number of hydrogen-bond acceptors (Lipinski definition) is 7. The minimum atomic E-state index is -0.928. The van der Waals surface area contributed by atoms with Crippen LogP contribution in [0.15, 0.2) is 91.0 Å². The predicted molar refractivity (Wildman–Crippen MR) is 138 cm³/mol. The Kier molecular flexibility index (Phi) is 9.87. The number of nitrogens with one attached hydrogen (secondary N) is 2. The van der Waals surface area contributed by atoms with Gasteiger partial charge in [0.2, 0.25) is 5.91 Å². The Morgan fingerprint density at radius 1 is 1.00 bits per heavy atom. The van der Waals surface area contributed by atoms with Gasteiger partial charge in [-0.25, -0.2) is 4.79 Å². The molecule has 9 heteroatoms. The van der Waals surface area contributed by atoms with E-state index in [1.54, 1.807) is 72.8 Å². The fourth-order valence-electron chi connectivity index (χ4n) is 3.32. The van der Waals surface area contributed by atoms with E-state index in [1.165, 1.54) is 19.3 Å². The van der Waals surface area contributed by atoms with E-state index in [-0.39, 0.29) is 13.2 Å². The van der Waals surface area contributed by atoms with Crippen molar-refractivity contribution >= 4 is 29.1 Å². The molecule has 2 amide bonds. The lowest BCUT2D eigenvalue weighted by atomic mass is 10.0. The summed E-state index contributed by atoms with van der Waals surface area (Å²) in [5, 5.41) is 14.4. The minimum absolute atomic E-state index is 0.111. The third-order valence-electron chi connectivity index (χ3n) is 5.03. The minimum Gasteiger partial charge on any atom is -0.491 e. The molecule has 0 aliphatic heterocycles. The number of carbonyl (C=O) groups excluding carboxylic acids is 2. The Morgan fingerprint density at radius 2 is 1.75 bits per heavy atom. The molecule has 0 aliphatic carbocycles. The second-order valence-corrected chi connectivity index (χ2v) is 7.60. The number of nitrogen functional groups attached to an aromatic ring is 1. The Balaban J connectivity index is 1.81. The maximum atomic E-state index is 12.7. The number of aliphatic hydroxyl groups is 1. The van der Waals surface area contributed by atoms with Crippen molar-refractivity contribution in [3.05, 3.63) is 96.6 Å². The third kappa shape index (κ3) is 7.86. The fraction of sp³-hybridized carbons (Fsp3) is 0.185. The van der Waals surface area contributed by atoms with Crippen LogP contribution in [0, 0.1) is 0 Å². The summed E-state index contributed by atoms with van der Waals surface area (Å²) in [6, 6.07) is 22.6. The molecule has 3 aromatic carbocycles. The molecule has 3 rings (SSSR count). The number of carbonyl (C=O) groups is 2. The van der Waals surface area contributed by atoms with Crippen LogP contribution in [-0.4, -0.2) is 43.5 Å². The van der Waals surface area contributed by atoms with Crippen molar-refractivity contribution in [3.63, 3.8) is 0 Å². The van der Waals surface area contributed by atoms with E-state index in [4.69, 9.17) is 25.1 Å². The number of ether oxygens (including phenoxy) is 3. The summed E-state index contributed by atoms with van der Waals surface area (Å²) < 4.78 is 16.8. The number of rotatable bonds is 11. The van der Waals surface area contributed by atoms with Crippen LogP contribution >= 0.6 is 0 Å². The highest BCUT2D eigenvalue weighted by atomic mass is 16.6. The van der Waals surface area contributed by atoms with Crippen molar-refractivity contribution < 1.29 is 28.9 Å². The first kappa shape index (κ1) is 26.3. The van der Waals surface area contributed by atoms with Gasteiger partial charge in [-0.05, 0) is 48.0 Å². The van der Waals surface area contributed by atoms with Gasteiger partial charge in [0, 0.05) is 18.9 Å². The van der Waals surface area contributed by atoms with E-state index >= 15 is 0 Å². The van der Waals surface area contributed by atoms with E-state index in [0.717, 1.165) is 0 Å². The lowest BCUT2D eigenvalue weighted by Gasteiger charge is -2.25. The van der Waals surface area contributed by atoms with Gasteiger partial charge in [-0.15, -0.1) is 0 Å². The van der Waals surface area contributed by atoms with E-state index < -0.39 is 24.2 Å². The molecule has 5 N–H and O–H groups in total. The molecule has 188 valence electrons. The molecular weight excluding hydrogens is 462 g/mol. The molecule has 3 aromatic rings. The lowest BCUT2D eigenvalue weighted by Crippen LogP contribution is -2.27. The lowest BCUT2D eigenvalue weighted by molar-refractivity contribution is -0.112. The molecule has 0 bridgehead atoms. The quantitative estimate of drug-likeness (QED) is 0.234. The fourth-order valence-corrected chi connectivity index (χ4v) is 3.32. The highest BCUT2D eigenvalue weighted by molar-refractivity contribution is 6.01. The molecule has 0 radical (unpaired) electrons. The molecule has 0 unspecified atom stereocenters. The van der Waals surface area contributed by atoms with Gasteiger partial charge in [-0.1, -0.05) is 42.5 Å². The topological polar surface area (TPSA) is 132 Å². The first-order chi connectivity index (χ1) is 17.5. The van der Waals surface area contributed by atoms with E-state index in [2.05, 4.69) is 10.6 Å². The van der Waals surface area contributed by atoms with Gasteiger partial charge in [0.25, 0.3) is 0 Å². The number of aliphatic hydroxyl groups excluding tert-OH is 1. The molecule has 9 nitrogen and oxygen atoms in total. The Bertz CT molecular complexity index is 1170. The molecular formula is C27H29N3O6. The van der Waals surface area contributed by atoms with Crippen LogP contribution in [0.1, 0.15) is 11.7 Å². The average molecular weight is 492 g/mol. The summed E-state index contributed by atoms with van der Waals surface area (Å²) in [5.41, 5.74) is 7.92. The summed E-state index contributed by atoms with van der Waals surface area (Å²) in [5.74, 6) is 0.0530. The zero-order chi connectivity index (χ0) is 25.8. The zero-order valence-corrected chi connectivity index (χ0v) is 19.8. The van der Waals surface area contributed by atoms with Gasteiger partial charge in [0.15, 0.2) is 6.10 Å². The standard InChI is InChI=1S/C27H29N3O6/c1-34-24(14-15-25(32)30-23-13-6-5-12-22(23)28)26(19-8-7-11-21(18-19)35-17-16-31)36-27(33)29-20-9-3-2-4-10-20/h2-15,18,24,26,31H,16-17,28H2,1H3,(H,29,33)(H,30,32)/b15-14+/t24-,26-/m0/s1. The summed E-state index contributed by atoms with van der Waals surface area (Å²) in [4.78, 5) is 25.2. The molecule has 36 heavy (non-hydrogen) atoms. The molecule has 0 heterocycles. The molecule has 0 saturated carbocycles. The van der Waals surface area contributed by atoms with Gasteiger partial charge in [0.1, 0.15) is 18.5 Å². The smallest absolute Gasteiger partial charge is 0.412 e. The van der Waals surface area contributed by atoms with Crippen molar-refractivity contribution in [1.82, 2.24) is 0 Å². The first-order valence-corrected chi connectivity index (χ1v) is 11.2. The predicted octanol–water partition coefficient (Wildman–Crippen LogP) is 4.14. The second-order valence-electron chi connectivity index (χ2n) is 7.60. The first-order valence-electron chi connectivity index (χ1n) is 11.2. The van der Waals surface area contributed by atoms with Crippen LogP contribution in [0.2, 0.25) is 0 Å². The number of hydrogen-bond donors (Lipinski definition) is 4. The number of amides is 2. The van der Waals surface area contributed by atoms with Gasteiger partial charge in [-0.3, -0.25) is 10.1 Å². The number of benzene rings is 3. The molecule has 0 fully saturated rings. The van der Waals surface area contributed by atoms with E-state index in [9.17, 15) is 9.59 Å². The zero-order valence-electron chi connectivity index (χ0n) is 19.8. The summed E-state index contributed by atoms with van der Waals surface area (Å²) in [6.07, 6.45) is 0.333. The van der Waals surface area contributed by atoms with Crippen molar-refractivity contribution in [2.45, 2.75) is 12.2 Å². The molecule has 2 atom stereocenters. The van der Waals surface area contributed by atoms with Gasteiger partial charge in [-0.2, -0.15) is 0 Å². The number of para-hydroxylation sites is 3. The summed E-state index contributed by atoms with van der Waals surface area (Å²) in [7, 11) is 1.44. The molecule has 0 saturated heterocycles. The van der Waals surface area contributed by atoms with Crippen LogP contribution in [-0.2, 0) is 14.3 Å². The van der Waals surface area contributed by atoms with Crippen LogP contribution in [0.5, 0.6) is 5.75 Å². The number of methoxy groups -OCH3 is 1. The van der Waals surface area contributed by atoms with E-state index in [0.29, 0.717) is 28.4 Å². The summed E-state index contributed by atoms with van der Waals surface area (Å²) >= 11 is 0. The van der Waals surface area contributed by atoms with Crippen LogP contribution in [0.3, 0.4) is 0 Å². The van der Waals surface area contributed by atoms with Crippen molar-refractivity contribution in [2.75, 3.05) is 36.7 Å². The van der Waals surface area contributed by atoms with Gasteiger partial charge < -0.3 is 30.4 Å². The summed E-state index contributed by atoms with van der Waals surface area (Å²) in [6.45, 7) is -0.0338. The second kappa shape index (κ2) is 13.5. The van der Waals surface area contributed by atoms with Crippen molar-refractivity contribution in [1.29, 1.82) is 0 Å². The highest BCUT2D eigenvalue weighted by Gasteiger charge is 2.26. The van der Waals surface area contributed by atoms with Crippen molar-refractivity contribution in [2.24, 2.45) is 0 Å². The normalized spacial score (nSPS) is 12.5. The van der Waals surface area contributed by atoms with Crippen LogP contribution in [0.4, 0.5) is 21.9 Å². The Hall–Kier alpha value is -4.34. The molecule has 0 aromatic heterocycles. The maximum Gasteiger partial charge on any atom is 0.412 e. The Labute approximate surface area is 209 Å².